The Morgan fingerprint density at radius 3 is 2.00 bits per heavy atom. The van der Waals surface area contributed by atoms with Crippen molar-refractivity contribution in [2.45, 2.75) is 26.2 Å². The Morgan fingerprint density at radius 1 is 1.11 bits per heavy atom. The van der Waals surface area contributed by atoms with Crippen LogP contribution >= 0.6 is 99.9 Å². The third kappa shape index (κ3) is 12.1. The number of likely N-dealkylation sites (tertiary alicyclic amines) is 2. The monoisotopic (exact) mass is 1020 g/mol. The van der Waals surface area contributed by atoms with Crippen molar-refractivity contribution in [3.8, 4) is 0 Å². The normalized spacial score (nSPS) is 21.9. The average Bonchev–Trinajstić information content (AvgIpc) is 3.19. The van der Waals surface area contributed by atoms with Gasteiger partial charge in [0.1, 0.15) is 0 Å². The van der Waals surface area contributed by atoms with E-state index in [2.05, 4.69) is 142 Å². The molecule has 2 fully saturated rings. The van der Waals surface area contributed by atoms with E-state index < -0.39 is 0 Å². The Balaban J connectivity index is 0.000000489. The Hall–Kier alpha value is 3.47. The first kappa shape index (κ1) is 29.5. The van der Waals surface area contributed by atoms with Gasteiger partial charge in [-0.15, -0.1) is 0 Å². The van der Waals surface area contributed by atoms with E-state index in [-0.39, 0.29) is 10.8 Å². The van der Waals surface area contributed by atoms with Crippen LogP contribution in [-0.4, -0.2) is 48.4 Å². The summed E-state index contributed by atoms with van der Waals surface area (Å²) in [6.45, 7) is 9.51. The van der Waals surface area contributed by atoms with E-state index in [9.17, 15) is 4.79 Å². The van der Waals surface area contributed by atoms with Gasteiger partial charge in [0.25, 0.3) is 0 Å². The Morgan fingerprint density at radius 2 is 1.57 bits per heavy atom. The molecule has 28 heavy (non-hydrogen) atoms. The van der Waals surface area contributed by atoms with Gasteiger partial charge in [-0.1, -0.05) is 37.3 Å². The summed E-state index contributed by atoms with van der Waals surface area (Å²) in [5, 5.41) is 0. The van der Waals surface area contributed by atoms with Crippen LogP contribution in [0.5, 0.6) is 0 Å². The fourth-order valence-electron chi connectivity index (χ4n) is 3.85. The fraction of sp³-hybridized carbons (Fsp3) is 0.611. The molecule has 159 valence electrons. The molecule has 3 atom stereocenters. The number of hydrogen-bond acceptors (Lipinski definition) is 2. The summed E-state index contributed by atoms with van der Waals surface area (Å²) in [6, 6.07) is 10.8. The quantitative estimate of drug-likeness (QED) is 0.304. The van der Waals surface area contributed by atoms with E-state index in [1.165, 1.54) is 31.6 Å². The topological polar surface area (TPSA) is 23.6 Å². The van der Waals surface area contributed by atoms with Gasteiger partial charge >= 0.3 is 114 Å². The minimum absolute atomic E-state index is 0.244. The summed E-state index contributed by atoms with van der Waals surface area (Å²) in [5.74, 6) is 2.29. The van der Waals surface area contributed by atoms with Gasteiger partial charge < -0.3 is 9.80 Å². The van der Waals surface area contributed by atoms with E-state index in [1.807, 2.05) is 4.90 Å². The predicted octanol–water partition coefficient (Wildman–Crippen LogP) is 7.01. The van der Waals surface area contributed by atoms with Gasteiger partial charge in [-0.3, -0.25) is 4.79 Å². The zero-order valence-electron chi connectivity index (χ0n) is 15.9. The molecule has 2 heterocycles. The van der Waals surface area contributed by atoms with E-state index in [1.54, 1.807) is 6.92 Å². The van der Waals surface area contributed by atoms with Crippen LogP contribution in [0, 0.1) is 11.8 Å². The zero-order valence-corrected chi connectivity index (χ0v) is 29.5. The van der Waals surface area contributed by atoms with Crippen LogP contribution in [0.3, 0.4) is 0 Å². The molecule has 0 radical (unpaired) electrons. The third-order valence-electron chi connectivity index (χ3n) is 5.25. The van der Waals surface area contributed by atoms with Gasteiger partial charge in [0.15, 0.2) is 0 Å². The van der Waals surface area contributed by atoms with Gasteiger partial charge in [-0.05, 0) is 36.3 Å². The zero-order chi connectivity index (χ0) is 21.1. The SMILES string of the molecule is CC(=O)N1CC2CN(CCC(C)c3ccccc3)CC2C1.[I][V]([I])[I].[I][V][I]. The molecule has 10 heteroatoms. The van der Waals surface area contributed by atoms with Gasteiger partial charge in [0, 0.05) is 33.1 Å². The predicted molar refractivity (Wildman–Crippen MR) is 155 cm³/mol. The van der Waals surface area contributed by atoms with Crippen LogP contribution in [0.2, 0.25) is 0 Å². The molecule has 2 saturated heterocycles. The maximum atomic E-state index is 11.4. The molecule has 0 aliphatic carbocycles. The molecule has 1 aromatic rings. The van der Waals surface area contributed by atoms with E-state index in [4.69, 9.17) is 0 Å². The van der Waals surface area contributed by atoms with Crippen molar-refractivity contribution in [3.05, 3.63) is 35.9 Å². The second-order valence-electron chi connectivity index (χ2n) is 7.06. The van der Waals surface area contributed by atoms with Crippen molar-refractivity contribution in [2.24, 2.45) is 11.8 Å². The number of rotatable bonds is 4. The molecular formula is C18H26I5N2OV2. The Kier molecular flexibility index (Phi) is 17.9. The number of fused-ring (bicyclic) bond motifs is 1. The van der Waals surface area contributed by atoms with E-state index in [0.29, 0.717) is 27.2 Å². The standard InChI is InChI=1S/C18H26N2O.5HI.2V/c1-14(16-6-4-3-5-7-16)8-9-19-10-17-12-20(15(2)21)13-18(17)11-19;;;;;;;/h3-7,14,17-18H,8-13H2,1-2H3;5*1H;;/q;;;;;;+2;+3/p-5. The molecule has 3 nitrogen and oxygen atoms in total. The molecule has 0 saturated carbocycles. The number of amides is 1. The molecule has 0 spiro atoms. The average molecular weight is 1020 g/mol. The number of hydrogen-bond donors (Lipinski definition) is 0. The second kappa shape index (κ2) is 17.0. The molecule has 0 aromatic heterocycles. The van der Waals surface area contributed by atoms with E-state index in [0.717, 1.165) is 13.1 Å². The van der Waals surface area contributed by atoms with E-state index >= 15 is 0 Å². The summed E-state index contributed by atoms with van der Waals surface area (Å²) in [4.78, 5) is 15.8. The summed E-state index contributed by atoms with van der Waals surface area (Å²) >= 11 is 12.1. The van der Waals surface area contributed by atoms with Crippen molar-refractivity contribution in [1.29, 1.82) is 0 Å². The van der Waals surface area contributed by atoms with Crippen LogP contribution in [-0.2, 0) is 19.2 Å². The van der Waals surface area contributed by atoms with Crippen LogP contribution in [0.25, 0.3) is 0 Å². The number of carbonyl (C=O) groups is 1. The summed E-state index contributed by atoms with van der Waals surface area (Å²) in [6.07, 6.45) is 1.22. The minimum atomic E-state index is -0.278. The maximum absolute atomic E-state index is 11.4. The molecule has 1 aromatic carbocycles. The molecule has 0 bridgehead atoms. The van der Waals surface area contributed by atoms with Crippen LogP contribution < -0.4 is 0 Å². The first-order chi connectivity index (χ1) is 13.3. The molecular weight excluding hydrogens is 997 g/mol. The summed E-state index contributed by atoms with van der Waals surface area (Å²) < 4.78 is 0. The molecule has 0 N–H and O–H groups in total. The van der Waals surface area contributed by atoms with Gasteiger partial charge in [0.05, 0.1) is 0 Å². The molecule has 3 unspecified atom stereocenters. The molecule has 2 aliphatic rings. The first-order valence-corrected chi connectivity index (χ1v) is 31.5. The Bertz CT molecular complexity index is 553. The Labute approximate surface area is 237 Å². The first-order valence-electron chi connectivity index (χ1n) is 9.01. The van der Waals surface area contributed by atoms with Crippen LogP contribution in [0.4, 0.5) is 0 Å². The third-order valence-corrected chi connectivity index (χ3v) is 5.25. The second-order valence-corrected chi connectivity index (χ2v) is 54.2. The van der Waals surface area contributed by atoms with Gasteiger partial charge in [-0.2, -0.15) is 0 Å². The molecule has 3 rings (SSSR count). The van der Waals surface area contributed by atoms with Gasteiger partial charge in [-0.25, -0.2) is 0 Å². The van der Waals surface area contributed by atoms with Crippen molar-refractivity contribution in [3.63, 3.8) is 0 Å². The van der Waals surface area contributed by atoms with Crippen LogP contribution in [0.15, 0.2) is 30.3 Å². The fourth-order valence-corrected chi connectivity index (χ4v) is 3.85. The van der Waals surface area contributed by atoms with Gasteiger partial charge in [0.2, 0.25) is 5.91 Å². The van der Waals surface area contributed by atoms with Crippen molar-refractivity contribution >= 4 is 106 Å². The summed E-state index contributed by atoms with van der Waals surface area (Å²) in [5.41, 5.74) is 1.44. The summed E-state index contributed by atoms with van der Waals surface area (Å²) in [7, 11) is 0.628. The number of carbonyl (C=O) groups excluding carboxylic acids is 1. The molecule has 2 aliphatic heterocycles. The molecule has 1 amide bonds. The van der Waals surface area contributed by atoms with Crippen molar-refractivity contribution < 1.29 is 19.2 Å². The number of benzene rings is 1. The number of nitrogens with zero attached hydrogens (tertiary/aromatic N) is 2. The van der Waals surface area contributed by atoms with Crippen molar-refractivity contribution in [1.82, 2.24) is 9.80 Å². The van der Waals surface area contributed by atoms with Crippen molar-refractivity contribution in [2.75, 3.05) is 32.7 Å². The number of halogens is 5. The van der Waals surface area contributed by atoms with Crippen LogP contribution in [0.1, 0.15) is 31.7 Å².